The SMILES string of the molecule is COc1cc2nc(C[NH+]3CCN(S(=O)(=O)c4ccccc4C(F)(F)F)CC3)[nH]c(=O)c2cc1OC. The van der Waals surface area contributed by atoms with Gasteiger partial charge < -0.3 is 19.4 Å². The minimum atomic E-state index is -4.78. The molecule has 0 atom stereocenters. The molecule has 2 N–H and O–H groups in total. The van der Waals surface area contributed by atoms with Crippen molar-refractivity contribution in [1.29, 1.82) is 0 Å². The smallest absolute Gasteiger partial charge is 0.417 e. The largest absolute Gasteiger partial charge is 0.493 e. The van der Waals surface area contributed by atoms with Gasteiger partial charge in [-0.25, -0.2) is 13.4 Å². The Balaban J connectivity index is 1.51. The monoisotopic (exact) mass is 513 g/mol. The molecule has 1 aliphatic heterocycles. The number of fused-ring (bicyclic) bond motifs is 1. The molecule has 1 aromatic heterocycles. The Morgan fingerprint density at radius 1 is 1.09 bits per heavy atom. The molecule has 35 heavy (non-hydrogen) atoms. The number of piperazine rings is 1. The Hall–Kier alpha value is -3.16. The molecule has 0 aliphatic carbocycles. The van der Waals surface area contributed by atoms with Crippen LogP contribution < -0.4 is 19.9 Å². The number of benzene rings is 2. The first-order valence-electron chi connectivity index (χ1n) is 10.7. The molecule has 2 aromatic carbocycles. The van der Waals surface area contributed by atoms with Gasteiger partial charge in [-0.05, 0) is 18.2 Å². The van der Waals surface area contributed by atoms with E-state index in [1.807, 2.05) is 0 Å². The minimum Gasteiger partial charge on any atom is -0.493 e. The molecule has 9 nitrogen and oxygen atoms in total. The Labute approximate surface area is 199 Å². The van der Waals surface area contributed by atoms with Crippen molar-refractivity contribution in [2.75, 3.05) is 40.4 Å². The van der Waals surface area contributed by atoms with Crippen LogP contribution in [0.15, 0.2) is 46.1 Å². The Morgan fingerprint density at radius 2 is 1.71 bits per heavy atom. The third kappa shape index (κ3) is 4.97. The number of H-pyrrole nitrogens is 1. The minimum absolute atomic E-state index is 0.0344. The van der Waals surface area contributed by atoms with Gasteiger partial charge in [0, 0.05) is 6.07 Å². The summed E-state index contributed by atoms with van der Waals surface area (Å²) in [6.07, 6.45) is -4.78. The number of hydrogen-bond acceptors (Lipinski definition) is 6. The predicted molar refractivity (Wildman–Crippen MR) is 120 cm³/mol. The van der Waals surface area contributed by atoms with Crippen molar-refractivity contribution in [1.82, 2.24) is 14.3 Å². The standard InChI is InChI=1S/C22H23F3N4O5S/c1-33-17-11-14-16(12-18(17)34-2)26-20(27-21(14)30)13-28-7-9-29(10-8-28)35(31,32)19-6-4-3-5-15(19)22(23,24)25/h3-6,11-12H,7-10,13H2,1-2H3,(H,26,27,30)/p+1. The highest BCUT2D eigenvalue weighted by Gasteiger charge is 2.40. The normalized spacial score (nSPS) is 15.9. The number of alkyl halides is 3. The van der Waals surface area contributed by atoms with Crippen LogP contribution in [0.1, 0.15) is 11.4 Å². The Bertz CT molecular complexity index is 1400. The van der Waals surface area contributed by atoms with Gasteiger partial charge in [0.1, 0.15) is 6.54 Å². The Morgan fingerprint density at radius 3 is 2.34 bits per heavy atom. The number of ether oxygens (including phenoxy) is 2. The molecular formula is C22H24F3N4O5S+. The van der Waals surface area contributed by atoms with E-state index in [0.717, 1.165) is 27.4 Å². The van der Waals surface area contributed by atoms with Crippen LogP contribution in [0.5, 0.6) is 11.5 Å². The fourth-order valence-corrected chi connectivity index (χ4v) is 5.77. The average Bonchev–Trinajstić information content (AvgIpc) is 2.83. The zero-order valence-electron chi connectivity index (χ0n) is 19.0. The highest BCUT2D eigenvalue weighted by atomic mass is 32.2. The maximum Gasteiger partial charge on any atom is 0.417 e. The Kier molecular flexibility index (Phi) is 6.75. The second kappa shape index (κ2) is 9.47. The summed E-state index contributed by atoms with van der Waals surface area (Å²) in [5.74, 6) is 1.23. The predicted octanol–water partition coefficient (Wildman–Crippen LogP) is 1.05. The third-order valence-corrected chi connectivity index (χ3v) is 7.87. The maximum atomic E-state index is 13.3. The fraction of sp³-hybridized carbons (Fsp3) is 0.364. The van der Waals surface area contributed by atoms with Crippen molar-refractivity contribution < 1.29 is 36.0 Å². The lowest BCUT2D eigenvalue weighted by atomic mass is 10.2. The summed E-state index contributed by atoms with van der Waals surface area (Å²) >= 11 is 0. The number of sulfonamides is 1. The summed E-state index contributed by atoms with van der Waals surface area (Å²) in [5, 5.41) is 0.334. The fourth-order valence-electron chi connectivity index (χ4n) is 4.12. The van der Waals surface area contributed by atoms with E-state index in [0.29, 0.717) is 47.9 Å². The quantitative estimate of drug-likeness (QED) is 0.511. The van der Waals surface area contributed by atoms with Crippen molar-refractivity contribution in [3.63, 3.8) is 0 Å². The van der Waals surface area contributed by atoms with Crippen LogP contribution in [0, 0.1) is 0 Å². The molecule has 0 unspecified atom stereocenters. The van der Waals surface area contributed by atoms with E-state index in [-0.39, 0.29) is 18.6 Å². The first-order chi connectivity index (χ1) is 16.5. The van der Waals surface area contributed by atoms with Crippen molar-refractivity contribution >= 4 is 20.9 Å². The number of nitrogens with zero attached hydrogens (tertiary/aromatic N) is 2. The number of hydrogen-bond donors (Lipinski definition) is 2. The van der Waals surface area contributed by atoms with E-state index in [9.17, 15) is 26.4 Å². The number of nitrogens with one attached hydrogen (secondary N) is 2. The summed E-state index contributed by atoms with van der Waals surface area (Å²) in [6, 6.07) is 7.32. The zero-order chi connectivity index (χ0) is 25.4. The molecular weight excluding hydrogens is 489 g/mol. The van der Waals surface area contributed by atoms with E-state index in [2.05, 4.69) is 9.97 Å². The van der Waals surface area contributed by atoms with Crippen molar-refractivity contribution in [3.8, 4) is 11.5 Å². The van der Waals surface area contributed by atoms with Crippen LogP contribution >= 0.6 is 0 Å². The lowest BCUT2D eigenvalue weighted by molar-refractivity contribution is -0.917. The van der Waals surface area contributed by atoms with Crippen LogP contribution in [-0.4, -0.2) is 63.1 Å². The average molecular weight is 514 g/mol. The molecule has 0 spiro atoms. The number of halogens is 3. The summed E-state index contributed by atoms with van der Waals surface area (Å²) in [4.78, 5) is 20.0. The van der Waals surface area contributed by atoms with Crippen molar-refractivity contribution in [2.24, 2.45) is 0 Å². The molecule has 4 rings (SSSR count). The molecule has 1 fully saturated rings. The molecule has 0 saturated carbocycles. The zero-order valence-corrected chi connectivity index (χ0v) is 19.8. The molecule has 2 heterocycles. The van der Waals surface area contributed by atoms with E-state index < -0.39 is 26.7 Å². The summed E-state index contributed by atoms with van der Waals surface area (Å²) < 4.78 is 77.5. The molecule has 13 heteroatoms. The summed E-state index contributed by atoms with van der Waals surface area (Å²) in [5.41, 5.74) is -1.11. The first kappa shape index (κ1) is 24.9. The molecule has 1 saturated heterocycles. The summed E-state index contributed by atoms with van der Waals surface area (Å²) in [6.45, 7) is 1.05. The van der Waals surface area contributed by atoms with E-state index in [4.69, 9.17) is 9.47 Å². The second-order valence-corrected chi connectivity index (χ2v) is 9.97. The molecule has 0 amide bonds. The van der Waals surface area contributed by atoms with Gasteiger partial charge in [0.25, 0.3) is 5.56 Å². The van der Waals surface area contributed by atoms with Gasteiger partial charge >= 0.3 is 6.18 Å². The topological polar surface area (TPSA) is 106 Å². The van der Waals surface area contributed by atoms with Gasteiger partial charge in [-0.15, -0.1) is 0 Å². The van der Waals surface area contributed by atoms with Crippen molar-refractivity contribution in [2.45, 2.75) is 17.6 Å². The van der Waals surface area contributed by atoms with Crippen LogP contribution in [-0.2, 0) is 22.7 Å². The third-order valence-electron chi connectivity index (χ3n) is 5.92. The van der Waals surface area contributed by atoms with Crippen LogP contribution in [0.2, 0.25) is 0 Å². The number of rotatable bonds is 6. The van der Waals surface area contributed by atoms with Crippen LogP contribution in [0.3, 0.4) is 0 Å². The highest BCUT2D eigenvalue weighted by Crippen LogP contribution is 2.35. The lowest BCUT2D eigenvalue weighted by Gasteiger charge is -2.31. The first-order valence-corrected chi connectivity index (χ1v) is 12.1. The van der Waals surface area contributed by atoms with E-state index in [1.165, 1.54) is 20.3 Å². The second-order valence-electron chi connectivity index (χ2n) is 8.06. The summed E-state index contributed by atoms with van der Waals surface area (Å²) in [7, 11) is -1.38. The van der Waals surface area contributed by atoms with Gasteiger partial charge in [0.05, 0.1) is 61.8 Å². The number of aromatic amines is 1. The molecule has 1 aliphatic rings. The van der Waals surface area contributed by atoms with Crippen LogP contribution in [0.4, 0.5) is 13.2 Å². The van der Waals surface area contributed by atoms with Crippen LogP contribution in [0.25, 0.3) is 10.9 Å². The van der Waals surface area contributed by atoms with E-state index >= 15 is 0 Å². The molecule has 0 radical (unpaired) electrons. The van der Waals surface area contributed by atoms with Gasteiger partial charge in [0.15, 0.2) is 17.3 Å². The maximum absolute atomic E-state index is 13.3. The molecule has 0 bridgehead atoms. The number of quaternary nitrogens is 1. The van der Waals surface area contributed by atoms with Crippen molar-refractivity contribution in [3.05, 3.63) is 58.1 Å². The van der Waals surface area contributed by atoms with Gasteiger partial charge in [0.2, 0.25) is 10.0 Å². The number of aromatic nitrogens is 2. The van der Waals surface area contributed by atoms with E-state index in [1.54, 1.807) is 12.1 Å². The number of methoxy groups -OCH3 is 2. The molecule has 188 valence electrons. The lowest BCUT2D eigenvalue weighted by Crippen LogP contribution is -3.13. The van der Waals surface area contributed by atoms with Gasteiger partial charge in [-0.3, -0.25) is 4.79 Å². The van der Waals surface area contributed by atoms with Gasteiger partial charge in [-0.2, -0.15) is 17.5 Å². The van der Waals surface area contributed by atoms with Gasteiger partial charge in [-0.1, -0.05) is 12.1 Å². The highest BCUT2D eigenvalue weighted by molar-refractivity contribution is 7.89. The molecule has 3 aromatic rings.